The first kappa shape index (κ1) is 11.7. The molecule has 1 saturated heterocycles. The fourth-order valence-electron chi connectivity index (χ4n) is 2.22. The minimum atomic E-state index is -0.992. The van der Waals surface area contributed by atoms with E-state index in [1.165, 1.54) is 4.90 Å². The average molecular weight is 237 g/mol. The zero-order valence-corrected chi connectivity index (χ0v) is 9.28. The summed E-state index contributed by atoms with van der Waals surface area (Å²) in [6, 6.07) is 6.68. The van der Waals surface area contributed by atoms with Crippen LogP contribution in [0.25, 0.3) is 0 Å². The molecule has 1 aromatic carbocycles. The number of hydrogen-bond acceptors (Lipinski definition) is 3. The lowest BCUT2D eigenvalue weighted by Gasteiger charge is -2.34. The lowest BCUT2D eigenvalue weighted by molar-refractivity contribution is 0.0504. The van der Waals surface area contributed by atoms with Crippen LogP contribution in [0.3, 0.4) is 0 Å². The van der Waals surface area contributed by atoms with Crippen LogP contribution in [-0.4, -0.2) is 45.5 Å². The molecule has 17 heavy (non-hydrogen) atoms. The third kappa shape index (κ3) is 2.50. The quantitative estimate of drug-likeness (QED) is 0.686. The van der Waals surface area contributed by atoms with Crippen molar-refractivity contribution >= 4 is 6.09 Å². The SMILES string of the molecule is O=C(O)N1CC[C@H](c2ccc(O)cc2)[C@@H](O)C1. The molecule has 1 heterocycles. The Morgan fingerprint density at radius 3 is 2.47 bits per heavy atom. The van der Waals surface area contributed by atoms with Crippen LogP contribution in [0.4, 0.5) is 4.79 Å². The van der Waals surface area contributed by atoms with Gasteiger partial charge in [-0.1, -0.05) is 12.1 Å². The Bertz CT molecular complexity index is 403. The molecule has 2 rings (SSSR count). The Morgan fingerprint density at radius 1 is 1.29 bits per heavy atom. The zero-order chi connectivity index (χ0) is 12.4. The number of rotatable bonds is 1. The van der Waals surface area contributed by atoms with E-state index in [0.29, 0.717) is 13.0 Å². The van der Waals surface area contributed by atoms with Crippen LogP contribution < -0.4 is 0 Å². The predicted molar refractivity (Wildman–Crippen MR) is 61.1 cm³/mol. The highest BCUT2D eigenvalue weighted by atomic mass is 16.4. The number of nitrogens with zero attached hydrogens (tertiary/aromatic N) is 1. The molecule has 0 spiro atoms. The molecule has 1 fully saturated rings. The van der Waals surface area contributed by atoms with Crippen molar-refractivity contribution in [1.29, 1.82) is 0 Å². The minimum Gasteiger partial charge on any atom is -0.508 e. The van der Waals surface area contributed by atoms with Crippen molar-refractivity contribution in [3.63, 3.8) is 0 Å². The number of β-amino-alcohol motifs (C(OH)–C–C–N with tert-alkyl or cyclic N) is 1. The Hall–Kier alpha value is -1.75. The number of aliphatic hydroxyl groups is 1. The summed E-state index contributed by atoms with van der Waals surface area (Å²) in [4.78, 5) is 12.0. The van der Waals surface area contributed by atoms with Crippen molar-refractivity contribution in [3.05, 3.63) is 29.8 Å². The molecule has 0 aliphatic carbocycles. The molecule has 0 aromatic heterocycles. The molecule has 3 N–H and O–H groups in total. The zero-order valence-electron chi connectivity index (χ0n) is 9.28. The highest BCUT2D eigenvalue weighted by Crippen LogP contribution is 2.29. The monoisotopic (exact) mass is 237 g/mol. The third-order valence-corrected chi connectivity index (χ3v) is 3.17. The summed E-state index contributed by atoms with van der Waals surface area (Å²) in [5, 5.41) is 28.0. The van der Waals surface area contributed by atoms with Gasteiger partial charge in [0.15, 0.2) is 0 Å². The number of aliphatic hydroxyl groups excluding tert-OH is 1. The number of piperidine rings is 1. The van der Waals surface area contributed by atoms with Crippen LogP contribution in [0, 0.1) is 0 Å². The molecule has 92 valence electrons. The van der Waals surface area contributed by atoms with E-state index in [2.05, 4.69) is 0 Å². The second kappa shape index (κ2) is 4.63. The normalized spacial score (nSPS) is 24.6. The van der Waals surface area contributed by atoms with E-state index in [9.17, 15) is 15.0 Å². The topological polar surface area (TPSA) is 81.0 Å². The second-order valence-electron chi connectivity index (χ2n) is 4.28. The first-order chi connectivity index (χ1) is 8.08. The maximum atomic E-state index is 10.8. The average Bonchev–Trinajstić information content (AvgIpc) is 2.30. The summed E-state index contributed by atoms with van der Waals surface area (Å²) in [6.07, 6.45) is -1.09. The van der Waals surface area contributed by atoms with Crippen molar-refractivity contribution in [2.24, 2.45) is 0 Å². The van der Waals surface area contributed by atoms with Crippen LogP contribution in [0.1, 0.15) is 17.9 Å². The fraction of sp³-hybridized carbons (Fsp3) is 0.417. The predicted octanol–water partition coefficient (Wildman–Crippen LogP) is 1.22. The van der Waals surface area contributed by atoms with Gasteiger partial charge in [0, 0.05) is 12.5 Å². The van der Waals surface area contributed by atoms with E-state index in [0.717, 1.165) is 5.56 Å². The Kier molecular flexibility index (Phi) is 3.19. The molecule has 1 aromatic rings. The smallest absolute Gasteiger partial charge is 0.407 e. The van der Waals surface area contributed by atoms with Crippen LogP contribution in [0.15, 0.2) is 24.3 Å². The van der Waals surface area contributed by atoms with Gasteiger partial charge >= 0.3 is 6.09 Å². The molecule has 0 saturated carbocycles. The molecule has 5 nitrogen and oxygen atoms in total. The number of hydrogen-bond donors (Lipinski definition) is 3. The van der Waals surface area contributed by atoms with Gasteiger partial charge in [-0.15, -0.1) is 0 Å². The van der Waals surface area contributed by atoms with Gasteiger partial charge in [-0.25, -0.2) is 4.79 Å². The summed E-state index contributed by atoms with van der Waals surface area (Å²) in [5.74, 6) is 0.123. The molecule has 5 heteroatoms. The van der Waals surface area contributed by atoms with Crippen molar-refractivity contribution < 1.29 is 20.1 Å². The van der Waals surface area contributed by atoms with Crippen molar-refractivity contribution in [2.75, 3.05) is 13.1 Å². The summed E-state index contributed by atoms with van der Waals surface area (Å²) in [5.41, 5.74) is 0.931. The Balaban J connectivity index is 2.09. The largest absolute Gasteiger partial charge is 0.508 e. The standard InChI is InChI=1S/C12H15NO4/c14-9-3-1-8(2-4-9)10-5-6-13(12(16)17)7-11(10)15/h1-4,10-11,14-15H,5-7H2,(H,16,17)/t10-,11+/m1/s1. The van der Waals surface area contributed by atoms with Gasteiger partial charge in [-0.2, -0.15) is 0 Å². The molecule has 0 bridgehead atoms. The van der Waals surface area contributed by atoms with E-state index in [1.807, 2.05) is 0 Å². The fourth-order valence-corrected chi connectivity index (χ4v) is 2.22. The van der Waals surface area contributed by atoms with E-state index in [-0.39, 0.29) is 18.2 Å². The third-order valence-electron chi connectivity index (χ3n) is 3.17. The molecule has 1 aliphatic heterocycles. The Labute approximate surface area is 98.9 Å². The Morgan fingerprint density at radius 2 is 1.94 bits per heavy atom. The van der Waals surface area contributed by atoms with Gasteiger partial charge in [-0.3, -0.25) is 0 Å². The maximum absolute atomic E-state index is 10.8. The van der Waals surface area contributed by atoms with Crippen LogP contribution in [0.2, 0.25) is 0 Å². The minimum absolute atomic E-state index is 0.0637. The molecule has 2 atom stereocenters. The highest BCUT2D eigenvalue weighted by molar-refractivity contribution is 5.65. The number of amides is 1. The van der Waals surface area contributed by atoms with Gasteiger partial charge in [-0.05, 0) is 24.1 Å². The van der Waals surface area contributed by atoms with Crippen molar-refractivity contribution in [1.82, 2.24) is 4.90 Å². The number of aromatic hydroxyl groups is 1. The van der Waals surface area contributed by atoms with Gasteiger partial charge in [0.25, 0.3) is 0 Å². The summed E-state index contributed by atoms with van der Waals surface area (Å²) < 4.78 is 0. The van der Waals surface area contributed by atoms with E-state index in [4.69, 9.17) is 5.11 Å². The summed E-state index contributed by atoms with van der Waals surface area (Å²) >= 11 is 0. The first-order valence-electron chi connectivity index (χ1n) is 5.53. The van der Waals surface area contributed by atoms with E-state index >= 15 is 0 Å². The molecule has 1 aliphatic rings. The molecular formula is C12H15NO4. The number of phenols is 1. The summed E-state index contributed by atoms with van der Waals surface area (Å²) in [7, 11) is 0. The number of phenolic OH excluding ortho intramolecular Hbond substituents is 1. The van der Waals surface area contributed by atoms with Gasteiger partial charge in [0.05, 0.1) is 12.6 Å². The number of likely N-dealkylation sites (tertiary alicyclic amines) is 1. The molecule has 0 radical (unpaired) electrons. The van der Waals surface area contributed by atoms with Crippen molar-refractivity contribution in [3.8, 4) is 5.75 Å². The number of carbonyl (C=O) groups is 1. The molecule has 0 unspecified atom stereocenters. The molecule has 1 amide bonds. The highest BCUT2D eigenvalue weighted by Gasteiger charge is 2.30. The number of benzene rings is 1. The van der Waals surface area contributed by atoms with E-state index < -0.39 is 12.2 Å². The van der Waals surface area contributed by atoms with Crippen LogP contribution in [0.5, 0.6) is 5.75 Å². The van der Waals surface area contributed by atoms with Crippen LogP contribution in [-0.2, 0) is 0 Å². The maximum Gasteiger partial charge on any atom is 0.407 e. The first-order valence-corrected chi connectivity index (χ1v) is 5.53. The second-order valence-corrected chi connectivity index (χ2v) is 4.28. The number of carboxylic acid groups (broad SMARTS) is 1. The van der Waals surface area contributed by atoms with Crippen molar-refractivity contribution in [2.45, 2.75) is 18.4 Å². The lowest BCUT2D eigenvalue weighted by Crippen LogP contribution is -2.45. The van der Waals surface area contributed by atoms with Crippen LogP contribution >= 0.6 is 0 Å². The lowest BCUT2D eigenvalue weighted by atomic mass is 9.87. The van der Waals surface area contributed by atoms with Gasteiger partial charge in [0.1, 0.15) is 5.75 Å². The van der Waals surface area contributed by atoms with Gasteiger partial charge in [0.2, 0.25) is 0 Å². The van der Waals surface area contributed by atoms with Gasteiger partial charge < -0.3 is 20.2 Å². The summed E-state index contributed by atoms with van der Waals surface area (Å²) in [6.45, 7) is 0.568. The van der Waals surface area contributed by atoms with E-state index in [1.54, 1.807) is 24.3 Å². The molecular weight excluding hydrogens is 222 g/mol.